The van der Waals surface area contributed by atoms with Crippen molar-refractivity contribution < 1.29 is 54.6 Å². The summed E-state index contributed by atoms with van der Waals surface area (Å²) in [6, 6.07) is 7.38. The number of ketones is 2. The van der Waals surface area contributed by atoms with Crippen molar-refractivity contribution in [3.63, 3.8) is 0 Å². The lowest BCUT2D eigenvalue weighted by atomic mass is 9.97. The molecule has 1 amide bonds. The summed E-state index contributed by atoms with van der Waals surface area (Å²) in [5.74, 6) is -11.2. The predicted molar refractivity (Wildman–Crippen MR) is 157 cm³/mol. The molecule has 3 atom stereocenters. The maximum absolute atomic E-state index is 15.2. The van der Waals surface area contributed by atoms with E-state index in [-0.39, 0.29) is 28.4 Å². The van der Waals surface area contributed by atoms with Crippen molar-refractivity contribution in [1.82, 2.24) is 0 Å². The zero-order valence-electron chi connectivity index (χ0n) is 23.8. The fraction of sp³-hybridized carbons (Fsp3) is 0.290. The Morgan fingerprint density at radius 2 is 1.62 bits per heavy atom. The number of anilines is 1. The monoisotopic (exact) mass is 725 g/mol. The Morgan fingerprint density at radius 1 is 0.957 bits per heavy atom. The van der Waals surface area contributed by atoms with E-state index in [0.29, 0.717) is 12.1 Å². The third kappa shape index (κ3) is 7.73. The maximum atomic E-state index is 15.2. The van der Waals surface area contributed by atoms with Crippen LogP contribution in [0.4, 0.5) is 36.4 Å². The number of benzene rings is 3. The van der Waals surface area contributed by atoms with Crippen LogP contribution < -0.4 is 5.32 Å². The Kier molecular flexibility index (Phi) is 10.6. The first kappa shape index (κ1) is 36.2. The van der Waals surface area contributed by atoms with Crippen LogP contribution in [0, 0.1) is 23.4 Å². The smallest absolute Gasteiger partial charge is 0.419 e. The van der Waals surface area contributed by atoms with E-state index in [1.54, 1.807) is 0 Å². The lowest BCUT2D eigenvalue weighted by Gasteiger charge is -2.12. The van der Waals surface area contributed by atoms with Crippen LogP contribution in [0.1, 0.15) is 45.5 Å². The summed E-state index contributed by atoms with van der Waals surface area (Å²) >= 11 is 18.6. The van der Waals surface area contributed by atoms with Gasteiger partial charge in [0.15, 0.2) is 11.6 Å². The Balaban J connectivity index is 1.51. The molecule has 47 heavy (non-hydrogen) atoms. The molecule has 0 aliphatic heterocycles. The van der Waals surface area contributed by atoms with Crippen LogP contribution in [0.15, 0.2) is 48.5 Å². The first-order valence-corrected chi connectivity index (χ1v) is 14.7. The van der Waals surface area contributed by atoms with Crippen LogP contribution in [0.5, 0.6) is 0 Å². The summed E-state index contributed by atoms with van der Waals surface area (Å²) < 4.78 is 99.6. The Labute approximate surface area is 277 Å². The number of Topliss-reactive ketones (excluding diaryl/α,β-unsaturated/α-hetero) is 2. The van der Waals surface area contributed by atoms with E-state index in [0.717, 1.165) is 24.3 Å². The molecule has 1 unspecified atom stereocenters. The van der Waals surface area contributed by atoms with Crippen LogP contribution in [0.2, 0.25) is 5.02 Å². The first-order valence-electron chi connectivity index (χ1n) is 13.6. The van der Waals surface area contributed by atoms with Crippen LogP contribution in [-0.2, 0) is 38.1 Å². The molecule has 0 bridgehead atoms. The minimum Gasteiger partial charge on any atom is -0.463 e. The van der Waals surface area contributed by atoms with E-state index in [4.69, 9.17) is 34.8 Å². The van der Waals surface area contributed by atoms with Crippen molar-refractivity contribution >= 4 is 63.9 Å². The first-order chi connectivity index (χ1) is 21.9. The van der Waals surface area contributed by atoms with Gasteiger partial charge >= 0.3 is 12.1 Å². The molecule has 3 aromatic carbocycles. The minimum atomic E-state index is -5.02. The molecule has 0 saturated heterocycles. The van der Waals surface area contributed by atoms with Crippen LogP contribution in [0.25, 0.3) is 0 Å². The highest BCUT2D eigenvalue weighted by molar-refractivity contribution is 6.53. The van der Waals surface area contributed by atoms with E-state index < -0.39 is 98.9 Å². The van der Waals surface area contributed by atoms with Crippen LogP contribution in [-0.4, -0.2) is 40.6 Å². The number of esters is 1. The summed E-state index contributed by atoms with van der Waals surface area (Å²) in [6.45, 7) is 1.13. The molecule has 250 valence electrons. The topological polar surface area (TPSA) is 89.5 Å². The second-order valence-corrected chi connectivity index (χ2v) is 12.3. The van der Waals surface area contributed by atoms with Gasteiger partial charge in [-0.05, 0) is 54.4 Å². The van der Waals surface area contributed by atoms with Gasteiger partial charge in [-0.2, -0.15) is 13.2 Å². The summed E-state index contributed by atoms with van der Waals surface area (Å²) in [7, 11) is 0. The zero-order chi connectivity index (χ0) is 35.0. The van der Waals surface area contributed by atoms with Gasteiger partial charge in [0.2, 0.25) is 5.91 Å². The Morgan fingerprint density at radius 3 is 2.26 bits per heavy atom. The van der Waals surface area contributed by atoms with Gasteiger partial charge in [-0.25, -0.2) is 22.4 Å². The van der Waals surface area contributed by atoms with E-state index in [2.05, 4.69) is 10.1 Å². The molecule has 0 radical (unpaired) electrons. The lowest BCUT2D eigenvalue weighted by molar-refractivity contribution is -0.152. The van der Waals surface area contributed by atoms with Gasteiger partial charge in [0.1, 0.15) is 21.8 Å². The van der Waals surface area contributed by atoms with Crippen molar-refractivity contribution in [3.05, 3.63) is 98.8 Å². The molecule has 4 rings (SSSR count). The fourth-order valence-electron chi connectivity index (χ4n) is 4.88. The van der Waals surface area contributed by atoms with Gasteiger partial charge in [0, 0.05) is 35.6 Å². The van der Waals surface area contributed by atoms with Crippen LogP contribution >= 0.6 is 34.8 Å². The molecule has 16 heteroatoms. The summed E-state index contributed by atoms with van der Waals surface area (Å²) in [5, 5.41) is 2.29. The quantitative estimate of drug-likeness (QED) is 0.0719. The number of alkyl halides is 6. The van der Waals surface area contributed by atoms with Gasteiger partial charge < -0.3 is 10.1 Å². The molecule has 0 spiro atoms. The highest BCUT2D eigenvalue weighted by Gasteiger charge is 2.67. The summed E-state index contributed by atoms with van der Waals surface area (Å²) in [6.07, 6.45) is -9.68. The molecule has 1 aliphatic carbocycles. The molecule has 1 fully saturated rings. The van der Waals surface area contributed by atoms with Crippen LogP contribution in [0.3, 0.4) is 0 Å². The Hall–Kier alpha value is -3.68. The van der Waals surface area contributed by atoms with Crippen molar-refractivity contribution in [3.8, 4) is 0 Å². The number of amides is 1. The molecule has 0 aromatic heterocycles. The zero-order valence-corrected chi connectivity index (χ0v) is 26.1. The Bertz CT molecular complexity index is 1770. The average molecular weight is 727 g/mol. The van der Waals surface area contributed by atoms with Gasteiger partial charge in [0.05, 0.1) is 23.1 Å². The number of ether oxygens (including phenoxy) is 1. The predicted octanol–water partition coefficient (Wildman–Crippen LogP) is 7.74. The molecule has 1 aliphatic rings. The summed E-state index contributed by atoms with van der Waals surface area (Å²) in [5.41, 5.74) is -3.25. The number of carbonyl (C=O) groups excluding carboxylic acids is 4. The SMILES string of the molecule is CCOC(=O)C(F)C(=O)Cc1c(F)ccc(CC(=O)c2cc(NC(=O)[C@H]3[C@H](c4ccc(F)c(C(F)(F)F)c4)C3(Cl)Cl)ccc2Cl)c1F. The van der Waals surface area contributed by atoms with Crippen molar-refractivity contribution in [2.45, 2.75) is 42.4 Å². The van der Waals surface area contributed by atoms with E-state index in [9.17, 15) is 45.5 Å². The third-order valence-electron chi connectivity index (χ3n) is 7.27. The van der Waals surface area contributed by atoms with E-state index >= 15 is 4.39 Å². The number of hydrogen-bond acceptors (Lipinski definition) is 5. The molecule has 1 saturated carbocycles. The third-order valence-corrected chi connectivity index (χ3v) is 8.54. The number of rotatable bonds is 11. The number of halogens is 10. The molecule has 0 heterocycles. The van der Waals surface area contributed by atoms with Gasteiger partial charge in [-0.3, -0.25) is 14.4 Å². The van der Waals surface area contributed by atoms with E-state index in [1.165, 1.54) is 19.1 Å². The molecule has 1 N–H and O–H groups in total. The van der Waals surface area contributed by atoms with Crippen molar-refractivity contribution in [1.29, 1.82) is 0 Å². The second-order valence-electron chi connectivity index (χ2n) is 10.4. The van der Waals surface area contributed by atoms with E-state index in [1.807, 2.05) is 0 Å². The van der Waals surface area contributed by atoms with Gasteiger partial charge in [-0.1, -0.05) is 23.7 Å². The largest absolute Gasteiger partial charge is 0.463 e. The highest BCUT2D eigenvalue weighted by atomic mass is 35.5. The number of nitrogens with one attached hydrogen (secondary N) is 1. The minimum absolute atomic E-state index is 0.0357. The fourth-order valence-corrected chi connectivity index (χ4v) is 5.93. The molecule has 6 nitrogen and oxygen atoms in total. The molecule has 3 aromatic rings. The summed E-state index contributed by atoms with van der Waals surface area (Å²) in [4.78, 5) is 49.8. The normalized spacial score (nSPS) is 17.5. The van der Waals surface area contributed by atoms with Gasteiger partial charge in [-0.15, -0.1) is 23.2 Å². The highest BCUT2D eigenvalue weighted by Crippen LogP contribution is 2.65. The van der Waals surface area contributed by atoms with Gasteiger partial charge in [0.25, 0.3) is 6.17 Å². The average Bonchev–Trinajstić information content (AvgIpc) is 3.58. The molecular formula is C31H21Cl3F7NO5. The lowest BCUT2D eigenvalue weighted by Crippen LogP contribution is -2.29. The number of hydrogen-bond donors (Lipinski definition) is 1. The maximum Gasteiger partial charge on any atom is 0.419 e. The molecular weight excluding hydrogens is 706 g/mol. The van der Waals surface area contributed by atoms with Crippen molar-refractivity contribution in [2.24, 2.45) is 5.92 Å². The second kappa shape index (κ2) is 13.8. The standard InChI is InChI=1S/C31H21Cl3F7NO5/c1-2-47-29(46)27(38)23(44)12-17-20(35)7-4-14(26(17)37)10-22(43)16-11-15(5-6-19(16)32)42-28(45)25-24(30(25,33)34)13-3-8-21(36)18(9-13)31(39,40)41/h3-9,11,24-25,27H,2,10,12H2,1H3,(H,42,45)/t24-,25+,27?/m0/s1. The van der Waals surface area contributed by atoms with Crippen molar-refractivity contribution in [2.75, 3.05) is 11.9 Å². The number of carbonyl (C=O) groups is 4.